The maximum atomic E-state index is 6.40. The molecule has 0 aliphatic rings. The Morgan fingerprint density at radius 1 is 0.952 bits per heavy atom. The first-order valence-corrected chi connectivity index (χ1v) is 7.43. The predicted molar refractivity (Wildman–Crippen MR) is 86.9 cm³/mol. The molecule has 0 N–H and O–H groups in total. The molecule has 0 aliphatic heterocycles. The van der Waals surface area contributed by atoms with Gasteiger partial charge in [0.2, 0.25) is 0 Å². The summed E-state index contributed by atoms with van der Waals surface area (Å²) in [4.78, 5) is 4.21. The molecule has 106 valence electrons. The highest BCUT2D eigenvalue weighted by molar-refractivity contribution is 6.20. The molecule has 2 aromatic carbocycles. The van der Waals surface area contributed by atoms with Gasteiger partial charge in [0.1, 0.15) is 5.75 Å². The molecule has 0 aliphatic carbocycles. The molecule has 3 heteroatoms. The number of ether oxygens (including phenoxy) is 1. The maximum Gasteiger partial charge on any atom is 0.145 e. The van der Waals surface area contributed by atoms with Crippen LogP contribution in [0.25, 0.3) is 10.8 Å². The quantitative estimate of drug-likeness (QED) is 0.619. The summed E-state index contributed by atoms with van der Waals surface area (Å²) >= 11 is 6.40. The van der Waals surface area contributed by atoms with Crippen molar-refractivity contribution in [2.24, 2.45) is 0 Å². The van der Waals surface area contributed by atoms with Crippen LogP contribution in [0.1, 0.15) is 17.4 Å². The van der Waals surface area contributed by atoms with E-state index in [0.29, 0.717) is 6.61 Å². The number of aromatic nitrogens is 1. The van der Waals surface area contributed by atoms with Crippen molar-refractivity contribution in [2.75, 3.05) is 6.61 Å². The van der Waals surface area contributed by atoms with E-state index in [2.05, 4.69) is 4.98 Å². The Labute approximate surface area is 129 Å². The zero-order valence-corrected chi connectivity index (χ0v) is 12.3. The number of pyridine rings is 1. The first kappa shape index (κ1) is 13.9. The fourth-order valence-corrected chi connectivity index (χ4v) is 2.54. The van der Waals surface area contributed by atoms with Crippen LogP contribution in [-0.2, 0) is 0 Å². The summed E-state index contributed by atoms with van der Waals surface area (Å²) in [6, 6.07) is 18.1. The largest absolute Gasteiger partial charge is 0.491 e. The molecule has 1 aromatic heterocycles. The number of rotatable bonds is 5. The van der Waals surface area contributed by atoms with E-state index in [9.17, 15) is 0 Å². The van der Waals surface area contributed by atoms with Crippen LogP contribution >= 0.6 is 11.6 Å². The van der Waals surface area contributed by atoms with Gasteiger partial charge in [-0.2, -0.15) is 0 Å². The van der Waals surface area contributed by atoms with Gasteiger partial charge in [-0.1, -0.05) is 54.6 Å². The van der Waals surface area contributed by atoms with Crippen LogP contribution in [0.4, 0.5) is 0 Å². The lowest BCUT2D eigenvalue weighted by Crippen LogP contribution is -2.02. The highest BCUT2D eigenvalue weighted by Crippen LogP contribution is 2.26. The highest BCUT2D eigenvalue weighted by Gasteiger charge is 2.08. The third kappa shape index (κ3) is 3.34. The molecular formula is C18H16ClNO. The Kier molecular flexibility index (Phi) is 4.37. The monoisotopic (exact) mass is 297 g/mol. The molecule has 1 atom stereocenters. The van der Waals surface area contributed by atoms with Crippen LogP contribution in [0.2, 0.25) is 0 Å². The molecule has 1 heterocycles. The Bertz CT molecular complexity index is 709. The summed E-state index contributed by atoms with van der Waals surface area (Å²) in [6.45, 7) is 0.568. The zero-order chi connectivity index (χ0) is 14.5. The SMILES string of the molecule is Cl[C@H](CCOc1cncc2ccccc12)c1ccccc1. The smallest absolute Gasteiger partial charge is 0.145 e. The lowest BCUT2D eigenvalue weighted by atomic mass is 10.1. The van der Waals surface area contributed by atoms with Crippen LogP contribution in [-0.4, -0.2) is 11.6 Å². The van der Waals surface area contributed by atoms with Gasteiger partial charge in [0.25, 0.3) is 0 Å². The van der Waals surface area contributed by atoms with E-state index in [1.54, 1.807) is 6.20 Å². The number of hydrogen-bond acceptors (Lipinski definition) is 2. The summed E-state index contributed by atoms with van der Waals surface area (Å²) in [5.41, 5.74) is 1.12. The first-order valence-electron chi connectivity index (χ1n) is 6.99. The summed E-state index contributed by atoms with van der Waals surface area (Å²) in [5.74, 6) is 0.810. The lowest BCUT2D eigenvalue weighted by Gasteiger charge is -2.12. The summed E-state index contributed by atoms with van der Waals surface area (Å²) in [7, 11) is 0. The minimum Gasteiger partial charge on any atom is -0.491 e. The van der Waals surface area contributed by atoms with Gasteiger partial charge in [-0.25, -0.2) is 0 Å². The van der Waals surface area contributed by atoms with Gasteiger partial charge >= 0.3 is 0 Å². The fraction of sp³-hybridized carbons (Fsp3) is 0.167. The minimum absolute atomic E-state index is 0.0332. The average Bonchev–Trinajstić information content (AvgIpc) is 2.56. The number of fused-ring (bicyclic) bond motifs is 1. The Morgan fingerprint density at radius 2 is 1.71 bits per heavy atom. The third-order valence-corrected chi connectivity index (χ3v) is 3.89. The van der Waals surface area contributed by atoms with Crippen molar-refractivity contribution < 1.29 is 4.74 Å². The van der Waals surface area contributed by atoms with Crippen molar-refractivity contribution in [2.45, 2.75) is 11.8 Å². The van der Waals surface area contributed by atoms with Crippen molar-refractivity contribution in [3.63, 3.8) is 0 Å². The van der Waals surface area contributed by atoms with Crippen molar-refractivity contribution in [3.05, 3.63) is 72.6 Å². The summed E-state index contributed by atoms with van der Waals surface area (Å²) in [5, 5.41) is 2.13. The summed E-state index contributed by atoms with van der Waals surface area (Å²) < 4.78 is 5.86. The molecule has 0 unspecified atom stereocenters. The molecule has 0 amide bonds. The molecular weight excluding hydrogens is 282 g/mol. The third-order valence-electron chi connectivity index (χ3n) is 3.42. The molecule has 0 bridgehead atoms. The van der Waals surface area contributed by atoms with E-state index in [4.69, 9.17) is 16.3 Å². The van der Waals surface area contributed by atoms with Crippen molar-refractivity contribution in [3.8, 4) is 5.75 Å². The number of alkyl halides is 1. The number of benzene rings is 2. The molecule has 0 spiro atoms. The van der Waals surface area contributed by atoms with Crippen molar-refractivity contribution in [1.29, 1.82) is 0 Å². The Balaban J connectivity index is 1.65. The standard InChI is InChI=1S/C18H16ClNO/c19-17(14-6-2-1-3-7-14)10-11-21-18-13-20-12-15-8-4-5-9-16(15)18/h1-9,12-13,17H,10-11H2/t17-/m1/s1. The first-order chi connectivity index (χ1) is 10.3. The second-order valence-corrected chi connectivity index (χ2v) is 5.40. The fourth-order valence-electron chi connectivity index (χ4n) is 2.30. The van der Waals surface area contributed by atoms with Gasteiger partial charge < -0.3 is 4.74 Å². The van der Waals surface area contributed by atoms with E-state index in [0.717, 1.165) is 28.5 Å². The van der Waals surface area contributed by atoms with Gasteiger partial charge in [-0.3, -0.25) is 4.98 Å². The molecule has 21 heavy (non-hydrogen) atoms. The van der Waals surface area contributed by atoms with E-state index in [-0.39, 0.29) is 5.38 Å². The summed E-state index contributed by atoms with van der Waals surface area (Å²) in [6.07, 6.45) is 4.36. The van der Waals surface area contributed by atoms with Gasteiger partial charge in [0.15, 0.2) is 0 Å². The topological polar surface area (TPSA) is 22.1 Å². The Hall–Kier alpha value is -2.06. The molecule has 3 aromatic rings. The molecule has 0 fully saturated rings. The Morgan fingerprint density at radius 3 is 2.57 bits per heavy atom. The normalized spacial score (nSPS) is 12.2. The minimum atomic E-state index is -0.0332. The zero-order valence-electron chi connectivity index (χ0n) is 11.6. The number of hydrogen-bond donors (Lipinski definition) is 0. The van der Waals surface area contributed by atoms with Gasteiger partial charge in [-0.15, -0.1) is 11.6 Å². The highest BCUT2D eigenvalue weighted by atomic mass is 35.5. The van der Waals surface area contributed by atoms with E-state index in [1.165, 1.54) is 0 Å². The van der Waals surface area contributed by atoms with Crippen LogP contribution < -0.4 is 4.74 Å². The van der Waals surface area contributed by atoms with Crippen molar-refractivity contribution >= 4 is 22.4 Å². The van der Waals surface area contributed by atoms with E-state index >= 15 is 0 Å². The van der Waals surface area contributed by atoms with E-state index < -0.39 is 0 Å². The van der Waals surface area contributed by atoms with Gasteiger partial charge in [0, 0.05) is 23.4 Å². The van der Waals surface area contributed by atoms with Gasteiger partial charge in [-0.05, 0) is 5.56 Å². The predicted octanol–water partition coefficient (Wildman–Crippen LogP) is 4.98. The number of halogens is 1. The second-order valence-electron chi connectivity index (χ2n) is 4.87. The maximum absolute atomic E-state index is 6.40. The van der Waals surface area contributed by atoms with Crippen molar-refractivity contribution in [1.82, 2.24) is 4.98 Å². The molecule has 2 nitrogen and oxygen atoms in total. The molecule has 3 rings (SSSR count). The molecule has 0 radical (unpaired) electrons. The van der Waals surface area contributed by atoms with Gasteiger partial charge in [0.05, 0.1) is 18.2 Å². The van der Waals surface area contributed by atoms with E-state index in [1.807, 2.05) is 60.8 Å². The second kappa shape index (κ2) is 6.59. The average molecular weight is 298 g/mol. The van der Waals surface area contributed by atoms with Crippen LogP contribution in [0.15, 0.2) is 67.0 Å². The lowest BCUT2D eigenvalue weighted by molar-refractivity contribution is 0.311. The molecule has 0 saturated heterocycles. The van der Waals surface area contributed by atoms with Crippen LogP contribution in [0.5, 0.6) is 5.75 Å². The van der Waals surface area contributed by atoms with Crippen LogP contribution in [0, 0.1) is 0 Å². The van der Waals surface area contributed by atoms with Crippen LogP contribution in [0.3, 0.4) is 0 Å². The number of nitrogens with zero attached hydrogens (tertiary/aromatic N) is 1. The molecule has 0 saturated carbocycles.